The summed E-state index contributed by atoms with van der Waals surface area (Å²) in [6.07, 6.45) is -4.61. The number of hydrogen-bond donors (Lipinski definition) is 1. The number of aromatic nitrogens is 1. The summed E-state index contributed by atoms with van der Waals surface area (Å²) in [5.41, 5.74) is -0.153. The molecule has 0 saturated carbocycles. The van der Waals surface area contributed by atoms with E-state index in [0.717, 1.165) is 23.5 Å². The van der Waals surface area contributed by atoms with Crippen LogP contribution >= 0.6 is 11.3 Å². The van der Waals surface area contributed by atoms with E-state index in [9.17, 15) is 17.6 Å². The first-order valence-corrected chi connectivity index (χ1v) is 8.52. The molecular weight excluding hydrogens is 368 g/mol. The van der Waals surface area contributed by atoms with Crippen molar-refractivity contribution in [1.29, 1.82) is 0 Å². The number of alkyl halides is 3. The zero-order chi connectivity index (χ0) is 18.7. The summed E-state index contributed by atoms with van der Waals surface area (Å²) in [7, 11) is 0. The highest BCUT2D eigenvalue weighted by Gasteiger charge is 2.38. The van der Waals surface area contributed by atoms with Crippen molar-refractivity contribution in [3.8, 4) is 16.2 Å². The molecule has 0 aliphatic rings. The molecule has 0 atom stereocenters. The SMILES string of the molecule is CCOc1ccc(Nc2nc(C(F)(F)F)c(-c3ccc(F)cc3)s2)cc1. The molecule has 3 aromatic rings. The molecule has 26 heavy (non-hydrogen) atoms. The first-order valence-electron chi connectivity index (χ1n) is 7.70. The van der Waals surface area contributed by atoms with Crippen molar-refractivity contribution in [3.05, 3.63) is 60.0 Å². The highest BCUT2D eigenvalue weighted by molar-refractivity contribution is 7.19. The van der Waals surface area contributed by atoms with Crippen molar-refractivity contribution in [3.63, 3.8) is 0 Å². The van der Waals surface area contributed by atoms with Gasteiger partial charge < -0.3 is 10.1 Å². The third kappa shape index (κ3) is 4.13. The number of anilines is 2. The molecule has 0 amide bonds. The predicted octanol–water partition coefficient (Wildman–Crippen LogP) is 6.11. The van der Waals surface area contributed by atoms with E-state index in [1.165, 1.54) is 12.1 Å². The van der Waals surface area contributed by atoms with Gasteiger partial charge in [0.2, 0.25) is 0 Å². The highest BCUT2D eigenvalue weighted by atomic mass is 32.1. The van der Waals surface area contributed by atoms with Crippen molar-refractivity contribution < 1.29 is 22.3 Å². The summed E-state index contributed by atoms with van der Waals surface area (Å²) in [6, 6.07) is 11.7. The Labute approximate surface area is 151 Å². The van der Waals surface area contributed by atoms with Crippen LogP contribution in [0.25, 0.3) is 10.4 Å². The van der Waals surface area contributed by atoms with Gasteiger partial charge in [-0.15, -0.1) is 0 Å². The summed E-state index contributed by atoms with van der Waals surface area (Å²) >= 11 is 0.859. The zero-order valence-electron chi connectivity index (χ0n) is 13.6. The number of hydrogen-bond acceptors (Lipinski definition) is 4. The normalized spacial score (nSPS) is 11.4. The standard InChI is InChI=1S/C18H14F4N2OS/c1-2-25-14-9-7-13(8-10-14)23-17-24-16(18(20,21)22)15(26-17)11-3-5-12(19)6-4-11/h3-10H,2H2,1H3,(H,23,24). The minimum Gasteiger partial charge on any atom is -0.494 e. The largest absolute Gasteiger partial charge is 0.494 e. The van der Waals surface area contributed by atoms with Crippen LogP contribution in [0.4, 0.5) is 28.4 Å². The van der Waals surface area contributed by atoms with Crippen LogP contribution in [0.5, 0.6) is 5.75 Å². The van der Waals surface area contributed by atoms with Crippen molar-refractivity contribution >= 4 is 22.2 Å². The van der Waals surface area contributed by atoms with Crippen molar-refractivity contribution in [2.75, 3.05) is 11.9 Å². The van der Waals surface area contributed by atoms with Crippen molar-refractivity contribution in [2.24, 2.45) is 0 Å². The fourth-order valence-electron chi connectivity index (χ4n) is 2.29. The number of nitrogens with zero attached hydrogens (tertiary/aromatic N) is 1. The second kappa shape index (κ2) is 7.33. The lowest BCUT2D eigenvalue weighted by Gasteiger charge is -2.06. The van der Waals surface area contributed by atoms with Crippen LogP contribution in [-0.4, -0.2) is 11.6 Å². The Morgan fingerprint density at radius 2 is 1.69 bits per heavy atom. The molecule has 0 saturated heterocycles. The maximum Gasteiger partial charge on any atom is 0.434 e. The molecule has 0 aliphatic carbocycles. The van der Waals surface area contributed by atoms with Gasteiger partial charge in [-0.05, 0) is 48.9 Å². The number of halogens is 4. The van der Waals surface area contributed by atoms with Crippen LogP contribution in [0.15, 0.2) is 48.5 Å². The molecule has 0 radical (unpaired) electrons. The lowest BCUT2D eigenvalue weighted by atomic mass is 10.1. The van der Waals surface area contributed by atoms with Gasteiger partial charge in [0, 0.05) is 5.69 Å². The van der Waals surface area contributed by atoms with Gasteiger partial charge in [0.05, 0.1) is 11.5 Å². The second-order valence-corrected chi connectivity index (χ2v) is 6.28. The molecule has 0 unspecified atom stereocenters. The molecule has 1 heterocycles. The Balaban J connectivity index is 1.92. The van der Waals surface area contributed by atoms with Crippen LogP contribution in [0.2, 0.25) is 0 Å². The smallest absolute Gasteiger partial charge is 0.434 e. The predicted molar refractivity (Wildman–Crippen MR) is 93.4 cm³/mol. The van der Waals surface area contributed by atoms with Gasteiger partial charge >= 0.3 is 6.18 Å². The average molecular weight is 382 g/mol. The molecule has 2 aromatic carbocycles. The van der Waals surface area contributed by atoms with Gasteiger partial charge in [0.15, 0.2) is 10.8 Å². The lowest BCUT2D eigenvalue weighted by Crippen LogP contribution is -2.07. The van der Waals surface area contributed by atoms with Crippen LogP contribution in [-0.2, 0) is 6.18 Å². The summed E-state index contributed by atoms with van der Waals surface area (Å²) < 4.78 is 58.4. The third-order valence-electron chi connectivity index (χ3n) is 3.42. The van der Waals surface area contributed by atoms with E-state index in [4.69, 9.17) is 4.74 Å². The molecule has 136 valence electrons. The third-order valence-corrected chi connectivity index (χ3v) is 4.44. The van der Waals surface area contributed by atoms with Crippen molar-refractivity contribution in [1.82, 2.24) is 4.98 Å². The topological polar surface area (TPSA) is 34.1 Å². The molecule has 0 aliphatic heterocycles. The van der Waals surface area contributed by atoms with E-state index in [0.29, 0.717) is 18.0 Å². The van der Waals surface area contributed by atoms with Crippen LogP contribution < -0.4 is 10.1 Å². The quantitative estimate of drug-likeness (QED) is 0.541. The average Bonchev–Trinajstić information content (AvgIpc) is 3.02. The molecule has 3 rings (SSSR count). The van der Waals surface area contributed by atoms with E-state index in [1.807, 2.05) is 6.92 Å². The Hall–Kier alpha value is -2.61. The molecule has 1 aromatic heterocycles. The molecular formula is C18H14F4N2OS. The van der Waals surface area contributed by atoms with Gasteiger partial charge in [-0.1, -0.05) is 23.5 Å². The number of rotatable bonds is 5. The Bertz CT molecular complexity index is 874. The van der Waals surface area contributed by atoms with Crippen molar-refractivity contribution in [2.45, 2.75) is 13.1 Å². The lowest BCUT2D eigenvalue weighted by molar-refractivity contribution is -0.140. The Morgan fingerprint density at radius 3 is 2.27 bits per heavy atom. The van der Waals surface area contributed by atoms with Gasteiger partial charge in [-0.25, -0.2) is 9.37 Å². The fourth-order valence-corrected chi connectivity index (χ4v) is 3.30. The van der Waals surface area contributed by atoms with E-state index < -0.39 is 17.7 Å². The second-order valence-electron chi connectivity index (χ2n) is 5.28. The summed E-state index contributed by atoms with van der Waals surface area (Å²) in [5.74, 6) is 0.153. The van der Waals surface area contributed by atoms with Gasteiger partial charge in [-0.2, -0.15) is 13.2 Å². The van der Waals surface area contributed by atoms with Crippen LogP contribution in [0, 0.1) is 5.82 Å². The van der Waals surface area contributed by atoms with E-state index in [-0.39, 0.29) is 15.6 Å². The van der Waals surface area contributed by atoms with Gasteiger partial charge in [0.25, 0.3) is 0 Å². The van der Waals surface area contributed by atoms with E-state index in [1.54, 1.807) is 24.3 Å². The number of thiazole rings is 1. The number of nitrogens with one attached hydrogen (secondary N) is 1. The Kier molecular flexibility index (Phi) is 5.13. The van der Waals surface area contributed by atoms with E-state index >= 15 is 0 Å². The molecule has 1 N–H and O–H groups in total. The summed E-state index contributed by atoms with van der Waals surface area (Å²) in [6.45, 7) is 2.38. The minimum atomic E-state index is -4.61. The first kappa shape index (κ1) is 18.2. The molecule has 0 fully saturated rings. The van der Waals surface area contributed by atoms with Crippen LogP contribution in [0.3, 0.4) is 0 Å². The maximum absolute atomic E-state index is 13.3. The maximum atomic E-state index is 13.3. The van der Waals surface area contributed by atoms with Gasteiger partial charge in [0.1, 0.15) is 11.6 Å². The summed E-state index contributed by atoms with van der Waals surface area (Å²) in [4.78, 5) is 3.63. The van der Waals surface area contributed by atoms with Crippen LogP contribution in [0.1, 0.15) is 12.6 Å². The first-order chi connectivity index (χ1) is 12.4. The molecule has 0 bridgehead atoms. The number of ether oxygens (including phenoxy) is 1. The minimum absolute atomic E-state index is 0.0639. The Morgan fingerprint density at radius 1 is 1.04 bits per heavy atom. The highest BCUT2D eigenvalue weighted by Crippen LogP contribution is 2.42. The molecule has 0 spiro atoms. The summed E-state index contributed by atoms with van der Waals surface area (Å²) in [5, 5.41) is 2.96. The molecule has 8 heteroatoms. The fraction of sp³-hybridized carbons (Fsp3) is 0.167. The zero-order valence-corrected chi connectivity index (χ0v) is 14.4. The number of benzene rings is 2. The molecule has 3 nitrogen and oxygen atoms in total. The van der Waals surface area contributed by atoms with Gasteiger partial charge in [-0.3, -0.25) is 0 Å². The monoisotopic (exact) mass is 382 g/mol. The van der Waals surface area contributed by atoms with E-state index in [2.05, 4.69) is 10.3 Å².